The van der Waals surface area contributed by atoms with E-state index in [1.54, 1.807) is 0 Å². The average molecular weight is 427 g/mol. The summed E-state index contributed by atoms with van der Waals surface area (Å²) in [6.07, 6.45) is -4.81. The van der Waals surface area contributed by atoms with Crippen LogP contribution in [0.25, 0.3) is 0 Å². The summed E-state index contributed by atoms with van der Waals surface area (Å²) >= 11 is 0. The quantitative estimate of drug-likeness (QED) is 0.778. The fourth-order valence-corrected chi connectivity index (χ4v) is 4.10. The number of nitrogens with zero attached hydrogens (tertiary/aromatic N) is 1. The number of fused-ring (bicyclic) bond motifs is 1. The van der Waals surface area contributed by atoms with E-state index < -0.39 is 28.0 Å². The van der Waals surface area contributed by atoms with E-state index in [0.717, 1.165) is 0 Å². The van der Waals surface area contributed by atoms with Gasteiger partial charge in [0.2, 0.25) is 5.91 Å². The Bertz CT molecular complexity index is 1080. The Morgan fingerprint density at radius 1 is 1.07 bits per heavy atom. The van der Waals surface area contributed by atoms with Crippen molar-refractivity contribution in [1.29, 1.82) is 0 Å². The lowest BCUT2D eigenvalue weighted by Crippen LogP contribution is -2.43. The van der Waals surface area contributed by atoms with Crippen LogP contribution in [0.1, 0.15) is 21.5 Å². The monoisotopic (exact) mass is 427 g/mol. The normalized spacial score (nSPS) is 14.2. The second kappa shape index (κ2) is 7.39. The molecule has 29 heavy (non-hydrogen) atoms. The van der Waals surface area contributed by atoms with Crippen LogP contribution in [0.4, 0.5) is 18.9 Å². The Hall–Kier alpha value is -3.08. The molecule has 1 aliphatic heterocycles. The summed E-state index contributed by atoms with van der Waals surface area (Å²) in [5, 5.41) is 0. The molecule has 2 amide bonds. The van der Waals surface area contributed by atoms with Crippen LogP contribution in [-0.4, -0.2) is 37.9 Å². The van der Waals surface area contributed by atoms with Gasteiger partial charge in [-0.25, -0.2) is 8.42 Å². The number of nitrogens with two attached hydrogens (primary N) is 1. The largest absolute Gasteiger partial charge is 0.471 e. The zero-order chi connectivity index (χ0) is 21.4. The summed E-state index contributed by atoms with van der Waals surface area (Å²) < 4.78 is 65.6. The number of nitrogens with one attached hydrogen (secondary N) is 1. The maximum absolute atomic E-state index is 12.7. The SMILES string of the molecule is NC(=O)c1cccc(NS(=O)(=O)c2ccc3c(c2)CN(C(=O)C(F)(F)F)CC3)c1. The first-order valence-corrected chi connectivity index (χ1v) is 9.86. The number of sulfonamides is 1. The minimum atomic E-state index is -4.99. The molecule has 3 N–H and O–H groups in total. The number of halogens is 3. The van der Waals surface area contributed by atoms with Gasteiger partial charge in [0.1, 0.15) is 0 Å². The van der Waals surface area contributed by atoms with Gasteiger partial charge in [-0.1, -0.05) is 12.1 Å². The average Bonchev–Trinajstić information content (AvgIpc) is 2.65. The smallest absolute Gasteiger partial charge is 0.366 e. The van der Waals surface area contributed by atoms with Gasteiger partial charge in [0, 0.05) is 24.3 Å². The van der Waals surface area contributed by atoms with E-state index in [1.807, 2.05) is 0 Å². The molecule has 0 bridgehead atoms. The Morgan fingerprint density at radius 3 is 2.45 bits per heavy atom. The lowest BCUT2D eigenvalue weighted by Gasteiger charge is -2.29. The number of carbonyl (C=O) groups is 2. The molecule has 7 nitrogen and oxygen atoms in total. The van der Waals surface area contributed by atoms with Crippen molar-refractivity contribution in [3.8, 4) is 0 Å². The van der Waals surface area contributed by atoms with Crippen molar-refractivity contribution < 1.29 is 31.2 Å². The highest BCUT2D eigenvalue weighted by atomic mass is 32.2. The van der Waals surface area contributed by atoms with Crippen molar-refractivity contribution in [1.82, 2.24) is 4.90 Å². The third-order valence-corrected chi connectivity index (χ3v) is 5.81. The number of hydrogen-bond acceptors (Lipinski definition) is 4. The molecule has 2 aromatic rings. The first kappa shape index (κ1) is 20.6. The van der Waals surface area contributed by atoms with Crippen LogP contribution in [-0.2, 0) is 27.8 Å². The van der Waals surface area contributed by atoms with E-state index in [-0.39, 0.29) is 35.7 Å². The van der Waals surface area contributed by atoms with Gasteiger partial charge in [-0.15, -0.1) is 0 Å². The highest BCUT2D eigenvalue weighted by Gasteiger charge is 2.43. The molecule has 0 radical (unpaired) electrons. The molecule has 3 rings (SSSR count). The number of carbonyl (C=O) groups excluding carboxylic acids is 2. The highest BCUT2D eigenvalue weighted by Crippen LogP contribution is 2.27. The number of anilines is 1. The summed E-state index contributed by atoms with van der Waals surface area (Å²) in [6.45, 7) is -0.441. The van der Waals surface area contributed by atoms with Crippen LogP contribution in [0, 0.1) is 0 Å². The molecule has 0 aliphatic carbocycles. The van der Waals surface area contributed by atoms with Crippen molar-refractivity contribution in [3.05, 3.63) is 59.2 Å². The molecule has 1 aliphatic rings. The summed E-state index contributed by atoms with van der Waals surface area (Å²) in [5.74, 6) is -2.69. The van der Waals surface area contributed by atoms with Crippen molar-refractivity contribution in [2.45, 2.75) is 24.0 Å². The number of amides is 2. The Kier molecular flexibility index (Phi) is 5.26. The van der Waals surface area contributed by atoms with E-state index in [0.29, 0.717) is 16.0 Å². The fraction of sp³-hybridized carbons (Fsp3) is 0.222. The predicted octanol–water partition coefficient (Wildman–Crippen LogP) is 2.03. The molecular weight excluding hydrogens is 411 g/mol. The lowest BCUT2D eigenvalue weighted by atomic mass is 10.00. The third-order valence-electron chi connectivity index (χ3n) is 4.43. The molecule has 0 saturated heterocycles. The van der Waals surface area contributed by atoms with Crippen LogP contribution < -0.4 is 10.5 Å². The third kappa shape index (κ3) is 4.50. The first-order chi connectivity index (χ1) is 13.5. The van der Waals surface area contributed by atoms with Crippen LogP contribution in [0.3, 0.4) is 0 Å². The molecule has 0 saturated carbocycles. The summed E-state index contributed by atoms with van der Waals surface area (Å²) in [4.78, 5) is 23.2. The van der Waals surface area contributed by atoms with Crippen LogP contribution >= 0.6 is 0 Å². The molecule has 0 fully saturated rings. The molecule has 11 heteroatoms. The van der Waals surface area contributed by atoms with E-state index in [4.69, 9.17) is 5.73 Å². The number of rotatable bonds is 4. The maximum atomic E-state index is 12.7. The second-order valence-corrected chi connectivity index (χ2v) is 8.14. The maximum Gasteiger partial charge on any atom is 0.471 e. The molecular formula is C18H16F3N3O4S. The van der Waals surface area contributed by atoms with Gasteiger partial charge in [-0.2, -0.15) is 13.2 Å². The second-order valence-electron chi connectivity index (χ2n) is 6.46. The topological polar surface area (TPSA) is 110 Å². The molecule has 0 aromatic heterocycles. The first-order valence-electron chi connectivity index (χ1n) is 8.38. The number of alkyl halides is 3. The Labute approximate surface area is 164 Å². The van der Waals surface area contributed by atoms with Crippen molar-refractivity contribution in [3.63, 3.8) is 0 Å². The van der Waals surface area contributed by atoms with Gasteiger partial charge >= 0.3 is 12.1 Å². The molecule has 0 unspecified atom stereocenters. The van der Waals surface area contributed by atoms with Gasteiger partial charge in [0.15, 0.2) is 0 Å². The van der Waals surface area contributed by atoms with Crippen molar-refractivity contribution >= 4 is 27.5 Å². The van der Waals surface area contributed by atoms with E-state index >= 15 is 0 Å². The summed E-state index contributed by atoms with van der Waals surface area (Å²) in [7, 11) is -4.08. The zero-order valence-corrected chi connectivity index (χ0v) is 15.7. The number of benzene rings is 2. The fourth-order valence-electron chi connectivity index (χ4n) is 3.00. The number of hydrogen-bond donors (Lipinski definition) is 2. The summed E-state index contributed by atoms with van der Waals surface area (Å²) in [6, 6.07) is 9.65. The van der Waals surface area contributed by atoms with Crippen LogP contribution in [0.2, 0.25) is 0 Å². The molecule has 154 valence electrons. The van der Waals surface area contributed by atoms with Gasteiger partial charge < -0.3 is 10.6 Å². The minimum absolute atomic E-state index is 0.102. The van der Waals surface area contributed by atoms with Crippen molar-refractivity contribution in [2.24, 2.45) is 5.73 Å². The molecule has 0 spiro atoms. The van der Waals surface area contributed by atoms with Crippen LogP contribution in [0.15, 0.2) is 47.4 Å². The Morgan fingerprint density at radius 2 is 1.79 bits per heavy atom. The van der Waals surface area contributed by atoms with Gasteiger partial charge in [-0.05, 0) is 47.9 Å². The lowest BCUT2D eigenvalue weighted by molar-refractivity contribution is -0.186. The number of primary amides is 1. The van der Waals surface area contributed by atoms with Crippen molar-refractivity contribution in [2.75, 3.05) is 11.3 Å². The van der Waals surface area contributed by atoms with E-state index in [2.05, 4.69) is 4.72 Å². The summed E-state index contributed by atoms with van der Waals surface area (Å²) in [5.41, 5.74) is 6.38. The van der Waals surface area contributed by atoms with Gasteiger partial charge in [0.05, 0.1) is 4.90 Å². The van der Waals surface area contributed by atoms with Crippen LogP contribution in [0.5, 0.6) is 0 Å². The Balaban J connectivity index is 1.86. The van der Waals surface area contributed by atoms with Gasteiger partial charge in [0.25, 0.3) is 10.0 Å². The minimum Gasteiger partial charge on any atom is -0.366 e. The van der Waals surface area contributed by atoms with E-state index in [9.17, 15) is 31.2 Å². The standard InChI is InChI=1S/C18H16F3N3O4S/c19-18(20,21)17(26)24-7-6-11-4-5-15(9-13(11)10-24)29(27,28)23-14-3-1-2-12(8-14)16(22)25/h1-5,8-9,23H,6-7,10H2,(H2,22,25). The highest BCUT2D eigenvalue weighted by molar-refractivity contribution is 7.92. The molecule has 1 heterocycles. The zero-order valence-electron chi connectivity index (χ0n) is 14.9. The van der Waals surface area contributed by atoms with E-state index in [1.165, 1.54) is 42.5 Å². The predicted molar refractivity (Wildman–Crippen MR) is 97.4 cm³/mol. The van der Waals surface area contributed by atoms with Gasteiger partial charge in [-0.3, -0.25) is 14.3 Å². The molecule has 2 aromatic carbocycles. The molecule has 0 atom stereocenters.